The van der Waals surface area contributed by atoms with Crippen LogP contribution in [0.5, 0.6) is 0 Å². The standard InChI is InChI=1S/C21H24N8O2/c22-20-18-21(24-10-23-20)29(11-25-18)15-7-3-6-14(19(15)31)28-17(30)9-8-16-26-12-4-1-2-5-13(12)27-16/h1-2,4-5,10-11,14-15,19,31H,3,6-9H2,(H,26,27)(H,28,30)(H2,22,23,24)/t14-,15-,19-/m0/s1. The number of carbonyl (C=O) groups excluding carboxylic acids is 1. The summed E-state index contributed by atoms with van der Waals surface area (Å²) >= 11 is 0. The quantitative estimate of drug-likeness (QED) is 0.382. The number of aliphatic hydroxyl groups is 1. The topological polar surface area (TPSA) is 148 Å². The minimum atomic E-state index is -0.752. The number of nitrogens with one attached hydrogen (secondary N) is 2. The van der Waals surface area contributed by atoms with Gasteiger partial charge in [0.15, 0.2) is 11.5 Å². The molecule has 0 unspecified atom stereocenters. The van der Waals surface area contributed by atoms with Gasteiger partial charge in [-0.15, -0.1) is 0 Å². The molecule has 1 saturated carbocycles. The molecule has 1 aliphatic rings. The first kappa shape index (κ1) is 19.4. The molecule has 0 saturated heterocycles. The van der Waals surface area contributed by atoms with Crippen LogP contribution in [-0.4, -0.2) is 52.6 Å². The van der Waals surface area contributed by atoms with Crippen molar-refractivity contribution >= 4 is 33.9 Å². The summed E-state index contributed by atoms with van der Waals surface area (Å²) < 4.78 is 1.84. The van der Waals surface area contributed by atoms with Gasteiger partial charge in [0, 0.05) is 12.8 Å². The number of hydrogen-bond donors (Lipinski definition) is 4. The Morgan fingerprint density at radius 1 is 1.26 bits per heavy atom. The summed E-state index contributed by atoms with van der Waals surface area (Å²) in [5.41, 5.74) is 8.84. The van der Waals surface area contributed by atoms with Crippen LogP contribution in [0.2, 0.25) is 0 Å². The molecule has 160 valence electrons. The number of nitrogens with two attached hydrogens (primary N) is 1. The molecule has 3 atom stereocenters. The maximum atomic E-state index is 12.6. The van der Waals surface area contributed by atoms with Crippen LogP contribution in [0.3, 0.4) is 0 Å². The van der Waals surface area contributed by atoms with E-state index in [0.717, 1.165) is 36.1 Å². The van der Waals surface area contributed by atoms with Gasteiger partial charge in [-0.3, -0.25) is 4.79 Å². The van der Waals surface area contributed by atoms with Gasteiger partial charge >= 0.3 is 0 Å². The minimum absolute atomic E-state index is 0.104. The molecule has 3 heterocycles. The van der Waals surface area contributed by atoms with Crippen LogP contribution in [0.25, 0.3) is 22.2 Å². The first-order valence-electron chi connectivity index (χ1n) is 10.4. The molecule has 1 aliphatic carbocycles. The third kappa shape index (κ3) is 3.70. The van der Waals surface area contributed by atoms with Crippen LogP contribution in [0.4, 0.5) is 5.82 Å². The van der Waals surface area contributed by atoms with Gasteiger partial charge < -0.3 is 25.7 Å². The molecule has 5 rings (SSSR count). The molecule has 5 N–H and O–H groups in total. The fourth-order valence-corrected chi connectivity index (χ4v) is 4.37. The van der Waals surface area contributed by atoms with E-state index in [0.29, 0.717) is 29.8 Å². The number of para-hydroxylation sites is 2. The van der Waals surface area contributed by atoms with Crippen molar-refractivity contribution in [3.05, 3.63) is 42.7 Å². The molecule has 1 amide bonds. The van der Waals surface area contributed by atoms with Crippen LogP contribution < -0.4 is 11.1 Å². The predicted molar refractivity (Wildman–Crippen MR) is 115 cm³/mol. The lowest BCUT2D eigenvalue weighted by atomic mass is 9.87. The number of hydrogen-bond acceptors (Lipinski definition) is 7. The fourth-order valence-electron chi connectivity index (χ4n) is 4.37. The van der Waals surface area contributed by atoms with Crippen LogP contribution in [-0.2, 0) is 11.2 Å². The monoisotopic (exact) mass is 420 g/mol. The first-order valence-corrected chi connectivity index (χ1v) is 10.4. The molecule has 1 aromatic carbocycles. The average molecular weight is 420 g/mol. The Morgan fingerprint density at radius 2 is 2.13 bits per heavy atom. The van der Waals surface area contributed by atoms with E-state index in [9.17, 15) is 9.90 Å². The molecule has 10 nitrogen and oxygen atoms in total. The Balaban J connectivity index is 1.24. The average Bonchev–Trinajstić information content (AvgIpc) is 3.38. The number of fused-ring (bicyclic) bond motifs is 2. The summed E-state index contributed by atoms with van der Waals surface area (Å²) in [4.78, 5) is 32.9. The second kappa shape index (κ2) is 7.95. The molecule has 0 radical (unpaired) electrons. The Bertz CT molecular complexity index is 1200. The number of aromatic nitrogens is 6. The molecule has 4 aromatic rings. The molecule has 0 aliphatic heterocycles. The van der Waals surface area contributed by atoms with E-state index in [2.05, 4.69) is 30.2 Å². The van der Waals surface area contributed by atoms with Crippen molar-refractivity contribution in [2.75, 3.05) is 5.73 Å². The van der Waals surface area contributed by atoms with Gasteiger partial charge in [-0.2, -0.15) is 0 Å². The summed E-state index contributed by atoms with van der Waals surface area (Å²) in [6, 6.07) is 7.20. The molecule has 1 fully saturated rings. The highest BCUT2D eigenvalue weighted by molar-refractivity contribution is 5.81. The van der Waals surface area contributed by atoms with Crippen molar-refractivity contribution < 1.29 is 9.90 Å². The third-order valence-electron chi connectivity index (χ3n) is 5.94. The number of aryl methyl sites for hydroxylation is 1. The lowest BCUT2D eigenvalue weighted by Crippen LogP contribution is -2.49. The van der Waals surface area contributed by atoms with Gasteiger partial charge in [-0.05, 0) is 31.4 Å². The molecular weight excluding hydrogens is 396 g/mol. The Hall–Kier alpha value is -3.53. The van der Waals surface area contributed by atoms with E-state index in [1.807, 2.05) is 28.8 Å². The van der Waals surface area contributed by atoms with Crippen molar-refractivity contribution in [3.63, 3.8) is 0 Å². The number of benzene rings is 1. The van der Waals surface area contributed by atoms with Crippen molar-refractivity contribution in [1.82, 2.24) is 34.8 Å². The van der Waals surface area contributed by atoms with Crippen LogP contribution in [0, 0.1) is 0 Å². The van der Waals surface area contributed by atoms with Gasteiger partial charge in [-0.1, -0.05) is 12.1 Å². The number of imidazole rings is 2. The molecule has 0 bridgehead atoms. The molecule has 3 aromatic heterocycles. The minimum Gasteiger partial charge on any atom is -0.389 e. The number of nitrogen functional groups attached to an aromatic ring is 1. The van der Waals surface area contributed by atoms with Crippen molar-refractivity contribution in [3.8, 4) is 0 Å². The predicted octanol–water partition coefficient (Wildman–Crippen LogP) is 1.49. The van der Waals surface area contributed by atoms with Crippen molar-refractivity contribution in [2.24, 2.45) is 0 Å². The van der Waals surface area contributed by atoms with Crippen LogP contribution in [0.1, 0.15) is 37.5 Å². The maximum absolute atomic E-state index is 12.6. The highest BCUT2D eigenvalue weighted by Crippen LogP contribution is 2.31. The zero-order valence-corrected chi connectivity index (χ0v) is 16.9. The Kier molecular flexibility index (Phi) is 4.99. The Labute approximate surface area is 177 Å². The van der Waals surface area contributed by atoms with Gasteiger partial charge in [0.25, 0.3) is 0 Å². The van der Waals surface area contributed by atoms with Gasteiger partial charge in [0.2, 0.25) is 5.91 Å². The number of aromatic amines is 1. The number of H-pyrrole nitrogens is 1. The smallest absolute Gasteiger partial charge is 0.220 e. The van der Waals surface area contributed by atoms with E-state index in [-0.39, 0.29) is 18.0 Å². The number of carbonyl (C=O) groups is 1. The summed E-state index contributed by atoms with van der Waals surface area (Å²) in [6.07, 6.45) is 5.44. The summed E-state index contributed by atoms with van der Waals surface area (Å²) in [7, 11) is 0. The second-order valence-corrected chi connectivity index (χ2v) is 7.95. The van der Waals surface area contributed by atoms with E-state index in [1.54, 1.807) is 6.33 Å². The molecule has 0 spiro atoms. The molecular formula is C21H24N8O2. The highest BCUT2D eigenvalue weighted by Gasteiger charge is 2.34. The van der Waals surface area contributed by atoms with E-state index >= 15 is 0 Å². The number of anilines is 1. The van der Waals surface area contributed by atoms with E-state index in [4.69, 9.17) is 5.73 Å². The summed E-state index contributed by atoms with van der Waals surface area (Å²) in [5.74, 6) is 0.984. The highest BCUT2D eigenvalue weighted by atomic mass is 16.3. The number of nitrogens with zero attached hydrogens (tertiary/aromatic N) is 5. The van der Waals surface area contributed by atoms with Gasteiger partial charge in [0.1, 0.15) is 17.7 Å². The van der Waals surface area contributed by atoms with Crippen molar-refractivity contribution in [2.45, 2.75) is 50.3 Å². The zero-order valence-electron chi connectivity index (χ0n) is 16.9. The number of aliphatic hydroxyl groups excluding tert-OH is 1. The summed E-state index contributed by atoms with van der Waals surface area (Å²) in [6.45, 7) is 0. The third-order valence-corrected chi connectivity index (χ3v) is 5.94. The number of rotatable bonds is 5. The Morgan fingerprint density at radius 3 is 3.00 bits per heavy atom. The van der Waals surface area contributed by atoms with Crippen LogP contribution in [0.15, 0.2) is 36.9 Å². The van der Waals surface area contributed by atoms with Gasteiger partial charge in [0.05, 0.1) is 35.5 Å². The normalized spacial score (nSPS) is 21.5. The fraction of sp³-hybridized carbons (Fsp3) is 0.381. The van der Waals surface area contributed by atoms with Gasteiger partial charge in [-0.25, -0.2) is 19.9 Å². The summed E-state index contributed by atoms with van der Waals surface area (Å²) in [5, 5.41) is 14.0. The largest absolute Gasteiger partial charge is 0.389 e. The number of amides is 1. The van der Waals surface area contributed by atoms with E-state index in [1.165, 1.54) is 6.33 Å². The second-order valence-electron chi connectivity index (χ2n) is 7.95. The van der Waals surface area contributed by atoms with Crippen molar-refractivity contribution in [1.29, 1.82) is 0 Å². The first-order chi connectivity index (χ1) is 15.1. The lowest BCUT2D eigenvalue weighted by molar-refractivity contribution is -0.123. The SMILES string of the molecule is Nc1ncnc2c1ncn2[C@H]1CCC[C@H](NC(=O)CCc2nc3ccccc3[nH]2)[C@@H]1O. The molecule has 10 heteroatoms. The zero-order chi connectivity index (χ0) is 21.4. The molecule has 31 heavy (non-hydrogen) atoms. The van der Waals surface area contributed by atoms with Crippen LogP contribution >= 0.6 is 0 Å². The maximum Gasteiger partial charge on any atom is 0.220 e. The lowest BCUT2D eigenvalue weighted by Gasteiger charge is -2.36. The van der Waals surface area contributed by atoms with E-state index < -0.39 is 6.10 Å².